The van der Waals surface area contributed by atoms with Crippen LogP contribution < -0.4 is 5.32 Å². The molecular weight excluding hydrogens is 374 g/mol. The van der Waals surface area contributed by atoms with Crippen molar-refractivity contribution in [1.29, 1.82) is 0 Å². The molecule has 0 bridgehead atoms. The predicted molar refractivity (Wildman–Crippen MR) is 112 cm³/mol. The summed E-state index contributed by atoms with van der Waals surface area (Å²) in [4.78, 5) is 24.0. The maximum absolute atomic E-state index is 12.2. The lowest BCUT2D eigenvalue weighted by molar-refractivity contribution is -0.111. The molecule has 0 unspecified atom stereocenters. The molecule has 28 heavy (non-hydrogen) atoms. The zero-order valence-electron chi connectivity index (χ0n) is 15.9. The lowest BCUT2D eigenvalue weighted by Gasteiger charge is -2.19. The first-order valence-electron chi connectivity index (χ1n) is 8.74. The number of carbonyl (C=O) groups excluding carboxylic acids is 1. The third-order valence-corrected chi connectivity index (χ3v) is 5.14. The molecular formula is C22H21NO4S. The number of carboxylic acid groups (broad SMARTS) is 1. The SMILES string of the molecule is CC(C)(C)c1ccc(-c2csc(NC(=O)/C=C\c3ccco3)c2C(=O)O)cc1. The standard InChI is InChI=1S/C22H21NO4S/c1-22(2,3)15-8-6-14(7-9-15)17-13-28-20(19(17)21(25)26)23-18(24)11-10-16-5-4-12-27-16/h4-13H,1-3H3,(H,23,24)(H,25,26)/b11-10-. The quantitative estimate of drug-likeness (QED) is 0.547. The van der Waals surface area contributed by atoms with Gasteiger partial charge in [-0.25, -0.2) is 4.79 Å². The first kappa shape index (κ1) is 19.6. The van der Waals surface area contributed by atoms with Gasteiger partial charge in [0.1, 0.15) is 16.3 Å². The van der Waals surface area contributed by atoms with Gasteiger partial charge in [-0.1, -0.05) is 45.0 Å². The summed E-state index contributed by atoms with van der Waals surface area (Å²) in [5, 5.41) is 14.4. The molecule has 0 aliphatic heterocycles. The molecule has 2 aromatic heterocycles. The monoisotopic (exact) mass is 395 g/mol. The van der Waals surface area contributed by atoms with Crippen molar-refractivity contribution in [2.45, 2.75) is 26.2 Å². The highest BCUT2D eigenvalue weighted by Gasteiger charge is 2.21. The van der Waals surface area contributed by atoms with Crippen LogP contribution in [0.25, 0.3) is 17.2 Å². The van der Waals surface area contributed by atoms with Crippen LogP contribution in [0.5, 0.6) is 0 Å². The third-order valence-electron chi connectivity index (χ3n) is 4.25. The molecule has 1 aromatic carbocycles. The molecule has 0 saturated heterocycles. The smallest absolute Gasteiger partial charge is 0.339 e. The van der Waals surface area contributed by atoms with Crippen LogP contribution in [0.2, 0.25) is 0 Å². The van der Waals surface area contributed by atoms with Crippen molar-refractivity contribution in [2.75, 3.05) is 5.32 Å². The van der Waals surface area contributed by atoms with Gasteiger partial charge in [0.05, 0.1) is 6.26 Å². The van der Waals surface area contributed by atoms with Crippen molar-refractivity contribution in [2.24, 2.45) is 0 Å². The van der Waals surface area contributed by atoms with E-state index in [0.29, 0.717) is 16.3 Å². The zero-order valence-corrected chi connectivity index (χ0v) is 16.7. The molecule has 0 fully saturated rings. The fraction of sp³-hybridized carbons (Fsp3) is 0.182. The van der Waals surface area contributed by atoms with Gasteiger partial charge < -0.3 is 14.8 Å². The molecule has 2 N–H and O–H groups in total. The highest BCUT2D eigenvalue weighted by Crippen LogP contribution is 2.36. The summed E-state index contributed by atoms with van der Waals surface area (Å²) in [6.45, 7) is 6.37. The van der Waals surface area contributed by atoms with E-state index in [9.17, 15) is 14.7 Å². The van der Waals surface area contributed by atoms with Crippen molar-refractivity contribution in [1.82, 2.24) is 0 Å². The Morgan fingerprint density at radius 2 is 1.86 bits per heavy atom. The number of aromatic carboxylic acids is 1. The van der Waals surface area contributed by atoms with Gasteiger partial charge in [-0.15, -0.1) is 11.3 Å². The van der Waals surface area contributed by atoms with E-state index in [1.54, 1.807) is 17.5 Å². The first-order chi connectivity index (χ1) is 13.3. The molecule has 6 heteroatoms. The van der Waals surface area contributed by atoms with Crippen molar-refractivity contribution in [3.63, 3.8) is 0 Å². The molecule has 3 aromatic rings. The molecule has 3 rings (SSSR count). The van der Waals surface area contributed by atoms with Crippen molar-refractivity contribution in [3.8, 4) is 11.1 Å². The Kier molecular flexibility index (Phi) is 5.51. The van der Waals surface area contributed by atoms with Crippen molar-refractivity contribution >= 4 is 34.3 Å². The number of carbonyl (C=O) groups is 2. The lowest BCUT2D eigenvalue weighted by atomic mass is 9.86. The second-order valence-corrected chi connectivity index (χ2v) is 8.20. The van der Waals surface area contributed by atoms with Gasteiger partial charge in [0, 0.05) is 17.0 Å². The van der Waals surface area contributed by atoms with Gasteiger partial charge in [-0.2, -0.15) is 0 Å². The number of carboxylic acids is 1. The Morgan fingerprint density at radius 3 is 2.43 bits per heavy atom. The van der Waals surface area contributed by atoms with Crippen LogP contribution >= 0.6 is 11.3 Å². The Bertz CT molecular complexity index is 1010. The summed E-state index contributed by atoms with van der Waals surface area (Å²) >= 11 is 1.19. The Labute approximate surface area is 167 Å². The van der Waals surface area contributed by atoms with Gasteiger partial charge >= 0.3 is 5.97 Å². The molecule has 1 amide bonds. The summed E-state index contributed by atoms with van der Waals surface area (Å²) in [6, 6.07) is 11.3. The summed E-state index contributed by atoms with van der Waals surface area (Å²) in [5.74, 6) is -0.962. The minimum absolute atomic E-state index is 0.0161. The van der Waals surface area contributed by atoms with Crippen LogP contribution in [0.1, 0.15) is 42.5 Å². The molecule has 144 valence electrons. The zero-order chi connectivity index (χ0) is 20.3. The summed E-state index contributed by atoms with van der Waals surface area (Å²) < 4.78 is 5.13. The number of amides is 1. The van der Waals surface area contributed by atoms with E-state index in [4.69, 9.17) is 4.42 Å². The number of furan rings is 1. The van der Waals surface area contributed by atoms with Crippen molar-refractivity contribution < 1.29 is 19.1 Å². The number of anilines is 1. The maximum Gasteiger partial charge on any atom is 0.339 e. The van der Waals surface area contributed by atoms with E-state index in [0.717, 1.165) is 5.56 Å². The highest BCUT2D eigenvalue weighted by molar-refractivity contribution is 7.15. The summed E-state index contributed by atoms with van der Waals surface area (Å²) in [6.07, 6.45) is 4.34. The normalized spacial score (nSPS) is 11.7. The minimum atomic E-state index is -1.08. The minimum Gasteiger partial charge on any atom is -0.478 e. The van der Waals surface area contributed by atoms with Gasteiger partial charge in [-0.05, 0) is 34.8 Å². The third kappa shape index (κ3) is 4.40. The lowest BCUT2D eigenvalue weighted by Crippen LogP contribution is -2.11. The maximum atomic E-state index is 12.2. The predicted octanol–water partition coefficient (Wildman–Crippen LogP) is 5.66. The van der Waals surface area contributed by atoms with Gasteiger partial charge in [0.15, 0.2) is 0 Å². The van der Waals surface area contributed by atoms with Crippen molar-refractivity contribution in [3.05, 3.63) is 71.0 Å². The Morgan fingerprint density at radius 1 is 1.14 bits per heavy atom. The topological polar surface area (TPSA) is 79.5 Å². The fourth-order valence-electron chi connectivity index (χ4n) is 2.72. The van der Waals surface area contributed by atoms with E-state index in [2.05, 4.69) is 26.1 Å². The number of benzene rings is 1. The Hall–Kier alpha value is -3.12. The second kappa shape index (κ2) is 7.86. The highest BCUT2D eigenvalue weighted by atomic mass is 32.1. The molecule has 5 nitrogen and oxygen atoms in total. The first-order valence-corrected chi connectivity index (χ1v) is 9.62. The average molecular weight is 395 g/mol. The number of rotatable bonds is 5. The second-order valence-electron chi connectivity index (χ2n) is 7.32. The Balaban J connectivity index is 1.86. The van der Waals surface area contributed by atoms with Crippen LogP contribution in [-0.4, -0.2) is 17.0 Å². The van der Waals surface area contributed by atoms with E-state index in [1.165, 1.54) is 35.3 Å². The van der Waals surface area contributed by atoms with Crippen LogP contribution in [0.3, 0.4) is 0 Å². The molecule has 2 heterocycles. The van der Waals surface area contributed by atoms with Crippen LogP contribution in [-0.2, 0) is 10.2 Å². The molecule has 0 atom stereocenters. The van der Waals surface area contributed by atoms with Crippen LogP contribution in [0.4, 0.5) is 5.00 Å². The molecule has 0 spiro atoms. The van der Waals surface area contributed by atoms with E-state index in [1.807, 2.05) is 24.3 Å². The summed E-state index contributed by atoms with van der Waals surface area (Å²) in [5.41, 5.74) is 2.66. The van der Waals surface area contributed by atoms with E-state index in [-0.39, 0.29) is 11.0 Å². The van der Waals surface area contributed by atoms with E-state index >= 15 is 0 Å². The largest absolute Gasteiger partial charge is 0.478 e. The molecule has 0 radical (unpaired) electrons. The molecule has 0 saturated carbocycles. The van der Waals surface area contributed by atoms with Gasteiger partial charge in [0.25, 0.3) is 0 Å². The van der Waals surface area contributed by atoms with Gasteiger partial charge in [-0.3, -0.25) is 4.79 Å². The fourth-order valence-corrected chi connectivity index (χ4v) is 3.69. The number of hydrogen-bond acceptors (Lipinski definition) is 4. The van der Waals surface area contributed by atoms with Gasteiger partial charge in [0.2, 0.25) is 5.91 Å². The average Bonchev–Trinajstić information content (AvgIpc) is 3.29. The van der Waals surface area contributed by atoms with Crippen LogP contribution in [0, 0.1) is 0 Å². The summed E-state index contributed by atoms with van der Waals surface area (Å²) in [7, 11) is 0. The number of thiophene rings is 1. The van der Waals surface area contributed by atoms with Crippen LogP contribution in [0.15, 0.2) is 58.5 Å². The van der Waals surface area contributed by atoms with E-state index < -0.39 is 11.9 Å². The number of nitrogens with one attached hydrogen (secondary N) is 1. The number of hydrogen-bond donors (Lipinski definition) is 2. The molecule has 0 aliphatic rings. The molecule has 0 aliphatic carbocycles.